The highest BCUT2D eigenvalue weighted by molar-refractivity contribution is 5.73. The predicted octanol–water partition coefficient (Wildman–Crippen LogP) is 6.20. The minimum absolute atomic E-state index is 0.106. The Labute approximate surface area is 223 Å². The molecule has 0 spiro atoms. The van der Waals surface area contributed by atoms with Crippen LogP contribution in [0, 0.1) is 0 Å². The summed E-state index contributed by atoms with van der Waals surface area (Å²) in [7, 11) is 6.20. The molecule has 214 valence electrons. The largest absolute Gasteiger partial charge is 0.447 e. The molecule has 0 radical (unpaired) electrons. The topological polar surface area (TPSA) is 76.7 Å². The van der Waals surface area contributed by atoms with E-state index in [0.29, 0.717) is 19.8 Å². The van der Waals surface area contributed by atoms with Gasteiger partial charge in [0.2, 0.25) is 5.91 Å². The van der Waals surface area contributed by atoms with Crippen LogP contribution in [0.4, 0.5) is 4.79 Å². The van der Waals surface area contributed by atoms with Crippen LogP contribution in [-0.2, 0) is 14.3 Å². The van der Waals surface area contributed by atoms with Gasteiger partial charge in [-0.3, -0.25) is 4.79 Å². The number of likely N-dealkylation sites (N-methyl/N-ethyl adjacent to an activating group) is 1. The summed E-state index contributed by atoms with van der Waals surface area (Å²) in [5.74, 6) is -0.153. The SMILES string of the molecule is CCCCCCCCCCCCCCCCCCOCC(COC(=O)NCC[N+](C)(C)C)NC(C)=O. The van der Waals surface area contributed by atoms with Crippen LogP contribution in [-0.4, -0.2) is 76.6 Å². The second-order valence-electron chi connectivity index (χ2n) is 11.3. The molecule has 1 atom stereocenters. The van der Waals surface area contributed by atoms with Crippen molar-refractivity contribution in [3.8, 4) is 0 Å². The fraction of sp³-hybridized carbons (Fsp3) is 0.931. The summed E-state index contributed by atoms with van der Waals surface area (Å²) in [6.07, 6.45) is 21.1. The lowest BCUT2D eigenvalue weighted by Gasteiger charge is -2.24. The van der Waals surface area contributed by atoms with E-state index in [1.54, 1.807) is 0 Å². The van der Waals surface area contributed by atoms with Gasteiger partial charge in [0.25, 0.3) is 0 Å². The third-order valence-corrected chi connectivity index (χ3v) is 6.34. The van der Waals surface area contributed by atoms with Crippen molar-refractivity contribution in [3.05, 3.63) is 0 Å². The number of hydrogen-bond acceptors (Lipinski definition) is 4. The molecule has 0 aromatic heterocycles. The molecule has 0 saturated carbocycles. The third kappa shape index (κ3) is 27.3. The maximum atomic E-state index is 11.9. The van der Waals surface area contributed by atoms with E-state index < -0.39 is 6.09 Å². The van der Waals surface area contributed by atoms with Crippen molar-refractivity contribution in [1.29, 1.82) is 0 Å². The van der Waals surface area contributed by atoms with Crippen molar-refractivity contribution in [3.63, 3.8) is 0 Å². The number of nitrogens with zero attached hydrogens (tertiary/aromatic N) is 1. The van der Waals surface area contributed by atoms with Crippen molar-refractivity contribution in [2.75, 3.05) is 54.1 Å². The lowest BCUT2D eigenvalue weighted by atomic mass is 10.0. The highest BCUT2D eigenvalue weighted by atomic mass is 16.6. The molecule has 0 aromatic carbocycles. The van der Waals surface area contributed by atoms with E-state index in [2.05, 4.69) is 38.7 Å². The molecule has 36 heavy (non-hydrogen) atoms. The Morgan fingerprint density at radius 2 is 1.19 bits per heavy atom. The number of rotatable bonds is 25. The number of nitrogens with one attached hydrogen (secondary N) is 2. The maximum Gasteiger partial charge on any atom is 0.407 e. The number of alkyl carbamates (subject to hydrolysis) is 1. The van der Waals surface area contributed by atoms with Crippen molar-refractivity contribution in [2.24, 2.45) is 0 Å². The van der Waals surface area contributed by atoms with Crippen LogP contribution in [0.1, 0.15) is 117 Å². The van der Waals surface area contributed by atoms with Gasteiger partial charge in [-0.15, -0.1) is 0 Å². The molecule has 7 nitrogen and oxygen atoms in total. The molecule has 0 rings (SSSR count). The molecule has 0 fully saturated rings. The second kappa shape index (κ2) is 24.0. The van der Waals surface area contributed by atoms with Crippen molar-refractivity contribution >= 4 is 12.0 Å². The molecule has 0 heterocycles. The Morgan fingerprint density at radius 3 is 1.64 bits per heavy atom. The number of amides is 2. The number of hydrogen-bond donors (Lipinski definition) is 2. The van der Waals surface area contributed by atoms with Crippen LogP contribution in [0.5, 0.6) is 0 Å². The van der Waals surface area contributed by atoms with Crippen LogP contribution in [0.15, 0.2) is 0 Å². The number of carbonyl (C=O) groups is 2. The van der Waals surface area contributed by atoms with E-state index in [4.69, 9.17) is 9.47 Å². The molecule has 1 unspecified atom stereocenters. The van der Waals surface area contributed by atoms with E-state index in [1.165, 1.54) is 103 Å². The molecule has 0 bridgehead atoms. The first-order valence-electron chi connectivity index (χ1n) is 14.8. The fourth-order valence-corrected chi connectivity index (χ4v) is 4.12. The Kier molecular flexibility index (Phi) is 23.1. The molecule has 7 heteroatoms. The number of ether oxygens (including phenoxy) is 2. The van der Waals surface area contributed by atoms with E-state index >= 15 is 0 Å². The minimum atomic E-state index is -0.461. The first kappa shape index (κ1) is 34.7. The Balaban J connectivity index is 3.59. The zero-order valence-corrected chi connectivity index (χ0v) is 24.5. The van der Waals surface area contributed by atoms with Crippen molar-refractivity contribution < 1.29 is 23.5 Å². The maximum absolute atomic E-state index is 11.9. The summed E-state index contributed by atoms with van der Waals surface area (Å²) in [5.41, 5.74) is 0. The molecule has 2 N–H and O–H groups in total. The van der Waals surface area contributed by atoms with Gasteiger partial charge >= 0.3 is 6.09 Å². The van der Waals surface area contributed by atoms with Gasteiger partial charge in [-0.25, -0.2) is 4.79 Å². The first-order chi connectivity index (χ1) is 17.2. The lowest BCUT2D eigenvalue weighted by Crippen LogP contribution is -2.44. The quantitative estimate of drug-likeness (QED) is 0.112. The van der Waals surface area contributed by atoms with Crippen molar-refractivity contribution in [2.45, 2.75) is 123 Å². The van der Waals surface area contributed by atoms with Crippen LogP contribution >= 0.6 is 0 Å². The Bertz CT molecular complexity index is 523. The van der Waals surface area contributed by atoms with Crippen molar-refractivity contribution in [1.82, 2.24) is 10.6 Å². The summed E-state index contributed by atoms with van der Waals surface area (Å²) >= 11 is 0. The van der Waals surface area contributed by atoms with E-state index in [-0.39, 0.29) is 18.6 Å². The number of unbranched alkanes of at least 4 members (excludes halogenated alkanes) is 15. The van der Waals surface area contributed by atoms with Gasteiger partial charge in [0.1, 0.15) is 6.61 Å². The van der Waals surface area contributed by atoms with Crippen LogP contribution in [0.25, 0.3) is 0 Å². The normalized spacial score (nSPS) is 12.4. The average Bonchev–Trinajstić information content (AvgIpc) is 2.80. The molecule has 0 aliphatic heterocycles. The van der Waals surface area contributed by atoms with Gasteiger partial charge in [0.15, 0.2) is 0 Å². The third-order valence-electron chi connectivity index (χ3n) is 6.34. The Hall–Kier alpha value is -1.34. The highest BCUT2D eigenvalue weighted by Gasteiger charge is 2.14. The van der Waals surface area contributed by atoms with Gasteiger partial charge in [-0.2, -0.15) is 0 Å². The Morgan fingerprint density at radius 1 is 0.722 bits per heavy atom. The van der Waals surface area contributed by atoms with Crippen LogP contribution in [0.2, 0.25) is 0 Å². The molecule has 2 amide bonds. The minimum Gasteiger partial charge on any atom is -0.447 e. The zero-order chi connectivity index (χ0) is 26.9. The van der Waals surface area contributed by atoms with Gasteiger partial charge < -0.3 is 24.6 Å². The van der Waals surface area contributed by atoms with E-state index in [9.17, 15) is 9.59 Å². The fourth-order valence-electron chi connectivity index (χ4n) is 4.12. The van der Waals surface area contributed by atoms with E-state index in [0.717, 1.165) is 17.4 Å². The summed E-state index contributed by atoms with van der Waals surface area (Å²) in [6.45, 7) is 6.22. The van der Waals surface area contributed by atoms with Gasteiger partial charge in [0, 0.05) is 13.5 Å². The second-order valence-corrected chi connectivity index (χ2v) is 11.3. The number of quaternary nitrogens is 1. The lowest BCUT2D eigenvalue weighted by molar-refractivity contribution is -0.869. The molecular weight excluding hydrogens is 454 g/mol. The summed E-state index contributed by atoms with van der Waals surface area (Å²) in [6, 6.07) is -0.326. The summed E-state index contributed by atoms with van der Waals surface area (Å²) in [5, 5.41) is 5.55. The van der Waals surface area contributed by atoms with Crippen LogP contribution in [0.3, 0.4) is 0 Å². The van der Waals surface area contributed by atoms with Gasteiger partial charge in [0.05, 0.1) is 46.9 Å². The number of carbonyl (C=O) groups excluding carboxylic acids is 2. The highest BCUT2D eigenvalue weighted by Crippen LogP contribution is 2.13. The summed E-state index contributed by atoms with van der Waals surface area (Å²) < 4.78 is 11.8. The van der Waals surface area contributed by atoms with E-state index in [1.807, 2.05) is 0 Å². The molecule has 0 aromatic rings. The molecular formula is C29H60N3O4+. The molecule has 0 aliphatic rings. The van der Waals surface area contributed by atoms with Gasteiger partial charge in [-0.1, -0.05) is 103 Å². The van der Waals surface area contributed by atoms with Gasteiger partial charge in [-0.05, 0) is 6.42 Å². The standard InChI is InChI=1S/C29H59N3O4/c1-6-7-8-9-10-11-12-13-14-15-16-17-18-19-20-21-24-35-25-28(31-27(2)33)26-36-29(34)30-22-23-32(3,4)5/h28H,6-26H2,1-5H3,(H-,30,31,33,34)/p+1. The first-order valence-corrected chi connectivity index (χ1v) is 14.8. The molecule has 0 aliphatic carbocycles. The summed E-state index contributed by atoms with van der Waals surface area (Å²) in [4.78, 5) is 23.3. The average molecular weight is 515 g/mol. The monoisotopic (exact) mass is 514 g/mol. The smallest absolute Gasteiger partial charge is 0.407 e. The van der Waals surface area contributed by atoms with Crippen LogP contribution < -0.4 is 10.6 Å². The molecule has 0 saturated heterocycles. The predicted molar refractivity (Wildman–Crippen MR) is 150 cm³/mol. The zero-order valence-electron chi connectivity index (χ0n) is 24.5.